The molecular weight excluding hydrogens is 388 g/mol. The predicted molar refractivity (Wildman–Crippen MR) is 116 cm³/mol. The molecule has 2 rings (SSSR count). The van der Waals surface area contributed by atoms with Crippen LogP contribution in [0.4, 0.5) is 0 Å². The molecule has 0 saturated carbocycles. The van der Waals surface area contributed by atoms with E-state index in [1.807, 2.05) is 64.1 Å². The van der Waals surface area contributed by atoms with Gasteiger partial charge in [-0.2, -0.15) is 0 Å². The van der Waals surface area contributed by atoms with E-state index in [4.69, 9.17) is 16.3 Å². The van der Waals surface area contributed by atoms with E-state index in [0.717, 1.165) is 11.1 Å². The summed E-state index contributed by atoms with van der Waals surface area (Å²) < 4.78 is 5.72. The van der Waals surface area contributed by atoms with Gasteiger partial charge in [0.25, 0.3) is 5.91 Å². The average Bonchev–Trinajstić information content (AvgIpc) is 2.64. The summed E-state index contributed by atoms with van der Waals surface area (Å²) in [5.41, 5.74) is 1.44. The highest BCUT2D eigenvalue weighted by molar-refractivity contribution is 6.30. The van der Waals surface area contributed by atoms with Gasteiger partial charge in [-0.15, -0.1) is 0 Å². The minimum Gasteiger partial charge on any atom is -0.484 e. The van der Waals surface area contributed by atoms with Crippen molar-refractivity contribution in [2.45, 2.75) is 52.7 Å². The number of hydrogen-bond donors (Lipinski definition) is 1. The first-order valence-corrected chi connectivity index (χ1v) is 9.99. The molecule has 0 aliphatic carbocycles. The number of nitrogens with zero attached hydrogens (tertiary/aromatic N) is 1. The molecule has 2 aromatic carbocycles. The van der Waals surface area contributed by atoms with Crippen molar-refractivity contribution in [2.75, 3.05) is 6.61 Å². The Morgan fingerprint density at radius 3 is 2.31 bits per heavy atom. The van der Waals surface area contributed by atoms with Gasteiger partial charge in [-0.25, -0.2) is 0 Å². The van der Waals surface area contributed by atoms with Crippen LogP contribution < -0.4 is 10.1 Å². The smallest absolute Gasteiger partial charge is 0.261 e. The molecule has 2 aromatic rings. The first-order valence-electron chi connectivity index (χ1n) is 9.61. The van der Waals surface area contributed by atoms with Crippen molar-refractivity contribution in [3.8, 4) is 5.75 Å². The monoisotopic (exact) mass is 416 g/mol. The largest absolute Gasteiger partial charge is 0.484 e. The van der Waals surface area contributed by atoms with Crippen LogP contribution in [0.15, 0.2) is 48.5 Å². The lowest BCUT2D eigenvalue weighted by atomic mass is 10.1. The van der Waals surface area contributed by atoms with Crippen LogP contribution in [-0.4, -0.2) is 34.9 Å². The quantitative estimate of drug-likeness (QED) is 0.729. The van der Waals surface area contributed by atoms with E-state index in [1.54, 1.807) is 19.1 Å². The molecule has 29 heavy (non-hydrogen) atoms. The fourth-order valence-electron chi connectivity index (χ4n) is 2.78. The number of halogens is 1. The minimum atomic E-state index is -0.655. The molecule has 0 unspecified atom stereocenters. The van der Waals surface area contributed by atoms with Crippen molar-refractivity contribution in [1.82, 2.24) is 10.2 Å². The average molecular weight is 417 g/mol. The highest BCUT2D eigenvalue weighted by atomic mass is 35.5. The van der Waals surface area contributed by atoms with Gasteiger partial charge in [0.05, 0.1) is 0 Å². The number of hydrogen-bond acceptors (Lipinski definition) is 3. The molecule has 0 heterocycles. The molecule has 156 valence electrons. The summed E-state index contributed by atoms with van der Waals surface area (Å²) in [6.07, 6.45) is 0. The van der Waals surface area contributed by atoms with Gasteiger partial charge in [0.15, 0.2) is 6.61 Å². The molecule has 2 amide bonds. The van der Waals surface area contributed by atoms with Crippen molar-refractivity contribution in [3.05, 3.63) is 64.7 Å². The lowest BCUT2D eigenvalue weighted by Crippen LogP contribution is -2.53. The Kier molecular flexibility index (Phi) is 7.68. The summed E-state index contributed by atoms with van der Waals surface area (Å²) in [4.78, 5) is 27.2. The topological polar surface area (TPSA) is 58.6 Å². The van der Waals surface area contributed by atoms with Crippen LogP contribution >= 0.6 is 11.6 Å². The zero-order chi connectivity index (χ0) is 21.6. The van der Waals surface area contributed by atoms with Gasteiger partial charge in [0.1, 0.15) is 11.8 Å². The van der Waals surface area contributed by atoms with Gasteiger partial charge in [-0.3, -0.25) is 9.59 Å². The van der Waals surface area contributed by atoms with Crippen LogP contribution in [0.2, 0.25) is 5.02 Å². The molecule has 1 N–H and O–H groups in total. The van der Waals surface area contributed by atoms with Crippen molar-refractivity contribution in [1.29, 1.82) is 0 Å². The van der Waals surface area contributed by atoms with E-state index in [9.17, 15) is 9.59 Å². The molecular formula is C23H29ClN2O3. The maximum absolute atomic E-state index is 13.0. The molecule has 0 saturated heterocycles. The molecule has 1 atom stereocenters. The second kappa shape index (κ2) is 9.79. The number of aryl methyl sites for hydroxylation is 1. The van der Waals surface area contributed by atoms with E-state index in [-0.39, 0.29) is 25.0 Å². The van der Waals surface area contributed by atoms with Crippen molar-refractivity contribution < 1.29 is 14.3 Å². The second-order valence-electron chi connectivity index (χ2n) is 8.12. The molecule has 0 aromatic heterocycles. The fourth-order valence-corrected chi connectivity index (χ4v) is 2.91. The van der Waals surface area contributed by atoms with Crippen molar-refractivity contribution in [3.63, 3.8) is 0 Å². The van der Waals surface area contributed by atoms with Crippen LogP contribution in [0, 0.1) is 6.92 Å². The van der Waals surface area contributed by atoms with E-state index in [0.29, 0.717) is 10.8 Å². The number of benzene rings is 2. The van der Waals surface area contributed by atoms with Crippen LogP contribution in [0.5, 0.6) is 5.75 Å². The van der Waals surface area contributed by atoms with Gasteiger partial charge < -0.3 is 15.0 Å². The van der Waals surface area contributed by atoms with Crippen LogP contribution in [0.3, 0.4) is 0 Å². The zero-order valence-corrected chi connectivity index (χ0v) is 18.4. The van der Waals surface area contributed by atoms with Crippen LogP contribution in [0.25, 0.3) is 0 Å². The maximum atomic E-state index is 13.0. The Labute approximate surface area is 178 Å². The van der Waals surface area contributed by atoms with Crippen molar-refractivity contribution >= 4 is 23.4 Å². The first-order chi connectivity index (χ1) is 13.6. The molecule has 0 radical (unpaired) electrons. The normalized spacial score (nSPS) is 12.2. The first kappa shape index (κ1) is 22.8. The Bertz CT molecular complexity index is 844. The number of ether oxygens (including phenoxy) is 1. The molecule has 0 bridgehead atoms. The summed E-state index contributed by atoms with van der Waals surface area (Å²) >= 11 is 5.96. The molecule has 0 aliphatic rings. The number of rotatable bonds is 7. The Morgan fingerprint density at radius 2 is 1.72 bits per heavy atom. The van der Waals surface area contributed by atoms with Crippen LogP contribution in [-0.2, 0) is 16.1 Å². The minimum absolute atomic E-state index is 0.147. The third-order valence-corrected chi connectivity index (χ3v) is 4.63. The fraction of sp³-hybridized carbons (Fsp3) is 0.391. The number of nitrogens with one attached hydrogen (secondary N) is 1. The Balaban J connectivity index is 2.18. The van der Waals surface area contributed by atoms with E-state index >= 15 is 0 Å². The summed E-state index contributed by atoms with van der Waals surface area (Å²) in [5, 5.41) is 3.56. The van der Waals surface area contributed by atoms with Gasteiger partial charge >= 0.3 is 0 Å². The van der Waals surface area contributed by atoms with Gasteiger partial charge in [-0.05, 0) is 63.9 Å². The number of amides is 2. The molecule has 0 aliphatic heterocycles. The van der Waals surface area contributed by atoms with E-state index in [2.05, 4.69) is 5.32 Å². The second-order valence-corrected chi connectivity index (χ2v) is 8.55. The molecule has 6 heteroatoms. The SMILES string of the molecule is Cc1ccccc1OCC(=O)N(Cc1ccc(Cl)cc1)[C@H](C)C(=O)NC(C)(C)C. The Hall–Kier alpha value is -2.53. The highest BCUT2D eigenvalue weighted by Crippen LogP contribution is 2.18. The van der Waals surface area contributed by atoms with Gasteiger partial charge in [0.2, 0.25) is 5.91 Å². The molecule has 0 spiro atoms. The standard InChI is InChI=1S/C23H29ClN2O3/c1-16-8-6-7-9-20(16)29-15-21(27)26(14-18-10-12-19(24)13-11-18)17(2)22(28)25-23(3,4)5/h6-13,17H,14-15H2,1-5H3,(H,25,28)/t17-/m1/s1. The summed E-state index contributed by atoms with van der Waals surface area (Å²) in [7, 11) is 0. The predicted octanol–water partition coefficient (Wildman–Crippen LogP) is 4.36. The highest BCUT2D eigenvalue weighted by Gasteiger charge is 2.28. The van der Waals surface area contributed by atoms with E-state index in [1.165, 1.54) is 4.90 Å². The molecule has 5 nitrogen and oxygen atoms in total. The number of carbonyl (C=O) groups excluding carboxylic acids is 2. The van der Waals surface area contributed by atoms with Gasteiger partial charge in [0, 0.05) is 17.1 Å². The van der Waals surface area contributed by atoms with E-state index < -0.39 is 11.6 Å². The Morgan fingerprint density at radius 1 is 1.10 bits per heavy atom. The zero-order valence-electron chi connectivity index (χ0n) is 17.7. The summed E-state index contributed by atoms with van der Waals surface area (Å²) in [5.74, 6) is 0.176. The maximum Gasteiger partial charge on any atom is 0.261 e. The van der Waals surface area contributed by atoms with Crippen LogP contribution in [0.1, 0.15) is 38.8 Å². The summed E-state index contributed by atoms with van der Waals surface area (Å²) in [6.45, 7) is 9.50. The van der Waals surface area contributed by atoms with Crippen molar-refractivity contribution in [2.24, 2.45) is 0 Å². The van der Waals surface area contributed by atoms with Gasteiger partial charge in [-0.1, -0.05) is 41.9 Å². The third-order valence-electron chi connectivity index (χ3n) is 4.38. The third kappa shape index (κ3) is 7.09. The number of para-hydroxylation sites is 1. The lowest BCUT2D eigenvalue weighted by molar-refractivity contribution is -0.142. The number of carbonyl (C=O) groups is 2. The molecule has 0 fully saturated rings. The lowest BCUT2D eigenvalue weighted by Gasteiger charge is -2.31. The summed E-state index contributed by atoms with van der Waals surface area (Å²) in [6, 6.07) is 14.1.